The van der Waals surface area contributed by atoms with Gasteiger partial charge in [-0.3, -0.25) is 0 Å². The van der Waals surface area contributed by atoms with Gasteiger partial charge in [0.25, 0.3) is 0 Å². The molecule has 1 unspecified atom stereocenters. The SMILES string of the molecule is CC(C)[NH2+]CC(O)COc1ccc(Cl)cc1. The van der Waals surface area contributed by atoms with Crippen molar-refractivity contribution in [2.75, 3.05) is 13.2 Å². The predicted octanol–water partition coefficient (Wildman–Crippen LogP) is 1.05. The number of nitrogens with two attached hydrogens (primary N) is 1. The van der Waals surface area contributed by atoms with Crippen LogP contribution in [0.3, 0.4) is 0 Å². The molecule has 90 valence electrons. The van der Waals surface area contributed by atoms with E-state index >= 15 is 0 Å². The van der Waals surface area contributed by atoms with Gasteiger partial charge in [-0.2, -0.15) is 0 Å². The molecule has 0 fully saturated rings. The van der Waals surface area contributed by atoms with Crippen LogP contribution in [-0.4, -0.2) is 30.4 Å². The van der Waals surface area contributed by atoms with Crippen LogP contribution >= 0.6 is 11.6 Å². The minimum absolute atomic E-state index is 0.310. The molecule has 3 nitrogen and oxygen atoms in total. The Kier molecular flexibility index (Phi) is 5.60. The monoisotopic (exact) mass is 244 g/mol. The van der Waals surface area contributed by atoms with Gasteiger partial charge < -0.3 is 15.2 Å². The Balaban J connectivity index is 2.26. The van der Waals surface area contributed by atoms with Crippen molar-refractivity contribution in [2.45, 2.75) is 26.0 Å². The lowest BCUT2D eigenvalue weighted by atomic mass is 10.3. The van der Waals surface area contributed by atoms with Gasteiger partial charge in [0.15, 0.2) is 0 Å². The molecule has 0 radical (unpaired) electrons. The van der Waals surface area contributed by atoms with Crippen molar-refractivity contribution in [3.63, 3.8) is 0 Å². The molecule has 1 atom stereocenters. The van der Waals surface area contributed by atoms with Gasteiger partial charge in [0.05, 0.1) is 6.04 Å². The summed E-state index contributed by atoms with van der Waals surface area (Å²) in [6, 6.07) is 7.61. The Morgan fingerprint density at radius 1 is 1.31 bits per heavy atom. The van der Waals surface area contributed by atoms with Crippen LogP contribution in [0, 0.1) is 0 Å². The van der Waals surface area contributed by atoms with Gasteiger partial charge in [-0.05, 0) is 38.1 Å². The third-order valence-electron chi connectivity index (χ3n) is 2.14. The minimum Gasteiger partial charge on any atom is -0.491 e. The molecule has 0 saturated carbocycles. The van der Waals surface area contributed by atoms with E-state index in [1.165, 1.54) is 0 Å². The molecule has 0 amide bonds. The third-order valence-corrected chi connectivity index (χ3v) is 2.39. The normalized spacial score (nSPS) is 12.8. The van der Waals surface area contributed by atoms with Crippen molar-refractivity contribution in [2.24, 2.45) is 0 Å². The highest BCUT2D eigenvalue weighted by molar-refractivity contribution is 6.30. The van der Waals surface area contributed by atoms with Crippen LogP contribution in [0.25, 0.3) is 0 Å². The van der Waals surface area contributed by atoms with Crippen LogP contribution in [-0.2, 0) is 0 Å². The lowest BCUT2D eigenvalue weighted by Gasteiger charge is -2.12. The zero-order valence-electron chi connectivity index (χ0n) is 9.69. The van der Waals surface area contributed by atoms with Crippen molar-refractivity contribution in [3.8, 4) is 5.75 Å². The summed E-state index contributed by atoms with van der Waals surface area (Å²) >= 11 is 5.75. The summed E-state index contributed by atoms with van der Waals surface area (Å²) in [6.07, 6.45) is -0.446. The second-order valence-corrected chi connectivity index (χ2v) is 4.57. The van der Waals surface area contributed by atoms with Gasteiger partial charge in [0, 0.05) is 5.02 Å². The number of halogens is 1. The topological polar surface area (TPSA) is 46.1 Å². The largest absolute Gasteiger partial charge is 0.491 e. The van der Waals surface area contributed by atoms with Crippen LogP contribution in [0.2, 0.25) is 5.02 Å². The number of quaternary nitrogens is 1. The van der Waals surface area contributed by atoms with E-state index in [1.807, 2.05) is 0 Å². The molecule has 0 aliphatic rings. The fraction of sp³-hybridized carbons (Fsp3) is 0.500. The molecule has 0 spiro atoms. The number of hydrogen-bond acceptors (Lipinski definition) is 2. The molecule has 0 saturated heterocycles. The maximum Gasteiger partial charge on any atom is 0.137 e. The van der Waals surface area contributed by atoms with E-state index in [1.54, 1.807) is 24.3 Å². The summed E-state index contributed by atoms with van der Waals surface area (Å²) in [4.78, 5) is 0. The summed E-state index contributed by atoms with van der Waals surface area (Å²) in [5.41, 5.74) is 0. The molecule has 0 aliphatic carbocycles. The van der Waals surface area contributed by atoms with Crippen molar-refractivity contribution in [3.05, 3.63) is 29.3 Å². The Labute approximate surface area is 101 Å². The molecule has 16 heavy (non-hydrogen) atoms. The lowest BCUT2D eigenvalue weighted by Crippen LogP contribution is -2.90. The van der Waals surface area contributed by atoms with E-state index in [0.29, 0.717) is 24.2 Å². The van der Waals surface area contributed by atoms with Crippen LogP contribution < -0.4 is 10.1 Å². The summed E-state index contributed by atoms with van der Waals surface area (Å²) in [7, 11) is 0. The summed E-state index contributed by atoms with van der Waals surface area (Å²) in [5, 5.41) is 12.4. The summed E-state index contributed by atoms with van der Waals surface area (Å²) < 4.78 is 5.43. The predicted molar refractivity (Wildman–Crippen MR) is 64.9 cm³/mol. The van der Waals surface area contributed by atoms with Crippen LogP contribution in [0.1, 0.15) is 13.8 Å². The van der Waals surface area contributed by atoms with E-state index in [-0.39, 0.29) is 0 Å². The molecular weight excluding hydrogens is 226 g/mol. The molecule has 0 heterocycles. The summed E-state index contributed by atoms with van der Waals surface area (Å²) in [6.45, 7) is 5.15. The fourth-order valence-corrected chi connectivity index (χ4v) is 1.35. The van der Waals surface area contributed by atoms with Crippen LogP contribution in [0.4, 0.5) is 0 Å². The maximum absolute atomic E-state index is 9.63. The molecule has 1 aromatic carbocycles. The molecule has 0 aliphatic heterocycles. The quantitative estimate of drug-likeness (QED) is 0.786. The van der Waals surface area contributed by atoms with Gasteiger partial charge >= 0.3 is 0 Å². The second-order valence-electron chi connectivity index (χ2n) is 4.13. The molecule has 1 aromatic rings. The highest BCUT2D eigenvalue weighted by atomic mass is 35.5. The maximum atomic E-state index is 9.63. The Morgan fingerprint density at radius 2 is 1.94 bits per heavy atom. The van der Waals surface area contributed by atoms with E-state index in [9.17, 15) is 5.11 Å². The van der Waals surface area contributed by atoms with E-state index in [0.717, 1.165) is 5.75 Å². The van der Waals surface area contributed by atoms with Gasteiger partial charge in [-0.1, -0.05) is 11.6 Å². The van der Waals surface area contributed by atoms with Crippen LogP contribution in [0.15, 0.2) is 24.3 Å². The number of aliphatic hydroxyl groups is 1. The Bertz CT molecular complexity index is 300. The van der Waals surface area contributed by atoms with E-state index < -0.39 is 6.10 Å². The van der Waals surface area contributed by atoms with Crippen LogP contribution in [0.5, 0.6) is 5.75 Å². The number of benzene rings is 1. The number of rotatable bonds is 6. The minimum atomic E-state index is -0.446. The standard InChI is InChI=1S/C12H18ClNO2/c1-9(2)14-7-11(15)8-16-12-5-3-10(13)4-6-12/h3-6,9,11,14-15H,7-8H2,1-2H3/p+1. The zero-order chi connectivity index (χ0) is 12.0. The Hall–Kier alpha value is -0.770. The van der Waals surface area contributed by atoms with Gasteiger partial charge in [0.1, 0.15) is 25.0 Å². The Morgan fingerprint density at radius 3 is 2.50 bits per heavy atom. The zero-order valence-corrected chi connectivity index (χ0v) is 10.4. The van der Waals surface area contributed by atoms with Gasteiger partial charge in [-0.25, -0.2) is 0 Å². The first-order valence-corrected chi connectivity index (χ1v) is 5.85. The first-order chi connectivity index (χ1) is 7.58. The summed E-state index contributed by atoms with van der Waals surface area (Å²) in [5.74, 6) is 0.730. The second kappa shape index (κ2) is 6.74. The van der Waals surface area contributed by atoms with Crippen molar-refractivity contribution in [1.29, 1.82) is 0 Å². The first-order valence-electron chi connectivity index (χ1n) is 5.47. The van der Waals surface area contributed by atoms with Gasteiger partial charge in [0.2, 0.25) is 0 Å². The van der Waals surface area contributed by atoms with E-state index in [4.69, 9.17) is 16.3 Å². The van der Waals surface area contributed by atoms with Gasteiger partial charge in [-0.15, -0.1) is 0 Å². The molecule has 3 N–H and O–H groups in total. The fourth-order valence-electron chi connectivity index (χ4n) is 1.22. The molecule has 0 aromatic heterocycles. The smallest absolute Gasteiger partial charge is 0.137 e. The van der Waals surface area contributed by atoms with E-state index in [2.05, 4.69) is 19.2 Å². The van der Waals surface area contributed by atoms with Crippen molar-refractivity contribution >= 4 is 11.6 Å². The highest BCUT2D eigenvalue weighted by Crippen LogP contribution is 2.15. The number of ether oxygens (including phenoxy) is 1. The first kappa shape index (κ1) is 13.3. The van der Waals surface area contributed by atoms with Crippen molar-refractivity contribution in [1.82, 2.24) is 0 Å². The highest BCUT2D eigenvalue weighted by Gasteiger charge is 2.08. The lowest BCUT2D eigenvalue weighted by molar-refractivity contribution is -0.688. The average Bonchev–Trinajstić information content (AvgIpc) is 2.25. The number of hydrogen-bond donors (Lipinski definition) is 2. The third kappa shape index (κ3) is 5.35. The molecule has 0 bridgehead atoms. The molecular formula is C12H19ClNO2+. The average molecular weight is 245 g/mol. The molecule has 4 heteroatoms. The number of aliphatic hydroxyl groups excluding tert-OH is 1. The van der Waals surface area contributed by atoms with Crippen molar-refractivity contribution < 1.29 is 15.2 Å². The molecule has 1 rings (SSSR count).